The van der Waals surface area contributed by atoms with Crippen molar-refractivity contribution in [1.29, 1.82) is 0 Å². The maximum atomic E-state index is 14.4. The van der Waals surface area contributed by atoms with E-state index < -0.39 is 40.2 Å². The number of carbonyl (C=O) groups excluding carboxylic acids is 2. The summed E-state index contributed by atoms with van der Waals surface area (Å²) in [5.74, 6) is -1.13. The first kappa shape index (κ1) is 28.1. The van der Waals surface area contributed by atoms with E-state index in [1.54, 1.807) is 31.2 Å². The molecule has 0 spiro atoms. The predicted octanol–water partition coefficient (Wildman–Crippen LogP) is 3.10. The van der Waals surface area contributed by atoms with Crippen LogP contribution in [0.4, 0.5) is 10.1 Å². The second-order valence-corrected chi connectivity index (χ2v) is 10.8. The fourth-order valence-electron chi connectivity index (χ4n) is 3.43. The van der Waals surface area contributed by atoms with E-state index in [1.807, 2.05) is 13.8 Å². The van der Waals surface area contributed by atoms with E-state index in [4.69, 9.17) is 4.74 Å². The number of nitrogens with zero attached hydrogens (tertiary/aromatic N) is 2. The van der Waals surface area contributed by atoms with E-state index in [-0.39, 0.29) is 29.5 Å². The van der Waals surface area contributed by atoms with Gasteiger partial charge < -0.3 is 15.0 Å². The maximum absolute atomic E-state index is 14.4. The minimum absolute atomic E-state index is 0.191. The third-order valence-electron chi connectivity index (χ3n) is 5.43. The van der Waals surface area contributed by atoms with Gasteiger partial charge in [-0.25, -0.2) is 12.8 Å². The minimum atomic E-state index is -3.91. The van der Waals surface area contributed by atoms with Crippen LogP contribution in [-0.4, -0.2) is 57.6 Å². The van der Waals surface area contributed by atoms with Gasteiger partial charge in [-0.05, 0) is 43.5 Å². The van der Waals surface area contributed by atoms with Crippen LogP contribution < -0.4 is 14.4 Å². The number of carbonyl (C=O) groups is 2. The van der Waals surface area contributed by atoms with Crippen LogP contribution in [0.3, 0.4) is 0 Å². The van der Waals surface area contributed by atoms with Crippen LogP contribution in [0.15, 0.2) is 42.5 Å². The number of anilines is 1. The number of hydrogen-bond donors (Lipinski definition) is 1. The smallest absolute Gasteiger partial charge is 0.244 e. The van der Waals surface area contributed by atoms with Gasteiger partial charge in [-0.3, -0.25) is 13.9 Å². The summed E-state index contributed by atoms with van der Waals surface area (Å²) in [6, 6.07) is 9.95. The van der Waals surface area contributed by atoms with Gasteiger partial charge >= 0.3 is 0 Å². The Labute approximate surface area is 207 Å². The lowest BCUT2D eigenvalue weighted by Crippen LogP contribution is -2.51. The summed E-state index contributed by atoms with van der Waals surface area (Å²) in [5, 5.41) is 2.78. The quantitative estimate of drug-likeness (QED) is 0.504. The summed E-state index contributed by atoms with van der Waals surface area (Å²) < 4.78 is 46.1. The number of amides is 2. The zero-order chi connectivity index (χ0) is 26.3. The molecule has 0 bridgehead atoms. The van der Waals surface area contributed by atoms with E-state index in [1.165, 1.54) is 37.1 Å². The predicted molar refractivity (Wildman–Crippen MR) is 134 cm³/mol. The zero-order valence-corrected chi connectivity index (χ0v) is 21.9. The molecule has 0 saturated carbocycles. The second kappa shape index (κ2) is 12.0. The van der Waals surface area contributed by atoms with Crippen LogP contribution >= 0.6 is 0 Å². The zero-order valence-electron chi connectivity index (χ0n) is 21.0. The number of nitrogens with one attached hydrogen (secondary N) is 1. The summed E-state index contributed by atoms with van der Waals surface area (Å²) in [5.41, 5.74) is 1.18. The van der Waals surface area contributed by atoms with Crippen LogP contribution in [0, 0.1) is 18.7 Å². The molecule has 0 aliphatic heterocycles. The van der Waals surface area contributed by atoms with Gasteiger partial charge in [0.05, 0.1) is 19.1 Å². The molecular weight excluding hydrogens is 473 g/mol. The molecule has 0 heterocycles. The molecule has 2 amide bonds. The highest BCUT2D eigenvalue weighted by Gasteiger charge is 2.31. The molecule has 1 atom stereocenters. The molecule has 0 radical (unpaired) electrons. The normalized spacial score (nSPS) is 12.2. The number of aryl methyl sites for hydroxylation is 1. The molecule has 10 heteroatoms. The van der Waals surface area contributed by atoms with Crippen molar-refractivity contribution in [3.05, 3.63) is 59.4 Å². The number of ether oxygens (including phenoxy) is 1. The van der Waals surface area contributed by atoms with Crippen LogP contribution in [0.25, 0.3) is 0 Å². The second-order valence-electron chi connectivity index (χ2n) is 8.87. The first-order valence-corrected chi connectivity index (χ1v) is 13.1. The number of methoxy groups -OCH3 is 1. The highest BCUT2D eigenvalue weighted by atomic mass is 32.2. The van der Waals surface area contributed by atoms with E-state index >= 15 is 0 Å². The number of hydrogen-bond acceptors (Lipinski definition) is 5. The van der Waals surface area contributed by atoms with Crippen LogP contribution in [0.1, 0.15) is 31.9 Å². The van der Waals surface area contributed by atoms with Gasteiger partial charge in [0.2, 0.25) is 21.8 Å². The Morgan fingerprint density at radius 1 is 1.11 bits per heavy atom. The Bertz CT molecular complexity index is 1150. The van der Waals surface area contributed by atoms with Gasteiger partial charge in [-0.15, -0.1) is 0 Å². The summed E-state index contributed by atoms with van der Waals surface area (Å²) in [7, 11) is -2.51. The number of rotatable bonds is 11. The molecular formula is C25H34FN3O5S. The molecule has 2 rings (SSSR count). The first-order valence-electron chi connectivity index (χ1n) is 11.3. The lowest BCUT2D eigenvalue weighted by Gasteiger charge is -2.32. The van der Waals surface area contributed by atoms with Gasteiger partial charge in [0.1, 0.15) is 24.2 Å². The maximum Gasteiger partial charge on any atom is 0.244 e. The van der Waals surface area contributed by atoms with Crippen molar-refractivity contribution in [2.75, 3.05) is 30.8 Å². The average Bonchev–Trinajstić information content (AvgIpc) is 2.79. The fourth-order valence-corrected chi connectivity index (χ4v) is 4.28. The third-order valence-corrected chi connectivity index (χ3v) is 6.56. The van der Waals surface area contributed by atoms with Gasteiger partial charge in [-0.2, -0.15) is 0 Å². The number of benzene rings is 2. The van der Waals surface area contributed by atoms with Crippen molar-refractivity contribution >= 4 is 27.5 Å². The van der Waals surface area contributed by atoms with Gasteiger partial charge in [-0.1, -0.05) is 38.1 Å². The number of halogens is 1. The van der Waals surface area contributed by atoms with Gasteiger partial charge in [0.15, 0.2) is 0 Å². The molecule has 2 aromatic rings. The monoisotopic (exact) mass is 507 g/mol. The molecule has 0 aliphatic carbocycles. The molecule has 0 aliphatic rings. The highest BCUT2D eigenvalue weighted by molar-refractivity contribution is 7.92. The van der Waals surface area contributed by atoms with Crippen LogP contribution in [0.5, 0.6) is 5.75 Å². The van der Waals surface area contributed by atoms with Crippen molar-refractivity contribution in [2.24, 2.45) is 5.92 Å². The van der Waals surface area contributed by atoms with Crippen molar-refractivity contribution in [1.82, 2.24) is 10.2 Å². The Balaban J connectivity index is 2.45. The van der Waals surface area contributed by atoms with Crippen LogP contribution in [-0.2, 0) is 26.2 Å². The molecule has 2 aromatic carbocycles. The average molecular weight is 508 g/mol. The Kier molecular flexibility index (Phi) is 9.64. The minimum Gasteiger partial charge on any atom is -0.495 e. The number of sulfonamides is 1. The lowest BCUT2D eigenvalue weighted by atomic mass is 10.1. The van der Waals surface area contributed by atoms with Crippen molar-refractivity contribution in [3.63, 3.8) is 0 Å². The van der Waals surface area contributed by atoms with Gasteiger partial charge in [0.25, 0.3) is 0 Å². The van der Waals surface area contributed by atoms with E-state index in [2.05, 4.69) is 5.32 Å². The topological polar surface area (TPSA) is 96.0 Å². The largest absolute Gasteiger partial charge is 0.495 e. The Morgan fingerprint density at radius 2 is 1.77 bits per heavy atom. The molecule has 0 fully saturated rings. The third kappa shape index (κ3) is 7.68. The summed E-state index contributed by atoms with van der Waals surface area (Å²) in [6.07, 6.45) is 0.988. The molecule has 0 unspecified atom stereocenters. The van der Waals surface area contributed by atoms with E-state index in [0.29, 0.717) is 6.54 Å². The molecule has 0 saturated heterocycles. The summed E-state index contributed by atoms with van der Waals surface area (Å²) in [6.45, 7) is 6.81. The van der Waals surface area contributed by atoms with Gasteiger partial charge in [0, 0.05) is 18.7 Å². The fraction of sp³-hybridized carbons (Fsp3) is 0.440. The first-order chi connectivity index (χ1) is 16.3. The van der Waals surface area contributed by atoms with E-state index in [9.17, 15) is 22.4 Å². The molecule has 1 N–H and O–H groups in total. The SMILES string of the molecule is COc1ccc(C)cc1N(CC(=O)N(Cc1ccccc1F)[C@H](C)C(=O)NCC(C)C)S(C)(=O)=O. The molecule has 8 nitrogen and oxygen atoms in total. The molecule has 0 aromatic heterocycles. The summed E-state index contributed by atoms with van der Waals surface area (Å²) >= 11 is 0. The Morgan fingerprint density at radius 3 is 2.34 bits per heavy atom. The standard InChI is InChI=1S/C25H34FN3O5S/c1-17(2)14-27-25(31)19(4)28(15-20-9-7-8-10-21(20)26)24(30)16-29(35(6,32)33)22-13-18(3)11-12-23(22)34-5/h7-13,17,19H,14-16H2,1-6H3,(H,27,31)/t19-/m1/s1. The van der Waals surface area contributed by atoms with Crippen molar-refractivity contribution in [2.45, 2.75) is 40.3 Å². The summed E-state index contributed by atoms with van der Waals surface area (Å²) in [4.78, 5) is 27.5. The van der Waals surface area contributed by atoms with Crippen molar-refractivity contribution < 1.29 is 27.1 Å². The van der Waals surface area contributed by atoms with Crippen LogP contribution in [0.2, 0.25) is 0 Å². The molecule has 192 valence electrons. The lowest BCUT2D eigenvalue weighted by molar-refractivity contribution is -0.139. The van der Waals surface area contributed by atoms with E-state index in [0.717, 1.165) is 16.1 Å². The van der Waals surface area contributed by atoms with Crippen molar-refractivity contribution in [3.8, 4) is 5.75 Å². The molecule has 35 heavy (non-hydrogen) atoms. The highest BCUT2D eigenvalue weighted by Crippen LogP contribution is 2.31. The Hall–Kier alpha value is -3.14.